The third-order valence-electron chi connectivity index (χ3n) is 1.30. The zero-order chi connectivity index (χ0) is 9.84. The van der Waals surface area contributed by atoms with E-state index in [4.69, 9.17) is 10.8 Å². The van der Waals surface area contributed by atoms with E-state index in [-0.39, 0.29) is 18.1 Å². The molecule has 1 rings (SSSR count). The summed E-state index contributed by atoms with van der Waals surface area (Å²) < 4.78 is 0. The van der Waals surface area contributed by atoms with E-state index in [1.165, 1.54) is 0 Å². The maximum absolute atomic E-state index is 10.9. The molecule has 0 radical (unpaired) electrons. The fourth-order valence-electron chi connectivity index (χ4n) is 0.710. The maximum Gasteiger partial charge on any atom is 0.322 e. The van der Waals surface area contributed by atoms with Gasteiger partial charge in [-0.15, -0.1) is 0 Å². The molecule has 0 aliphatic heterocycles. The number of nitrogens with zero attached hydrogens (tertiary/aromatic N) is 1. The molecule has 13 heavy (non-hydrogen) atoms. The number of nitrogens with one attached hydrogen (secondary N) is 2. The van der Waals surface area contributed by atoms with Crippen LogP contribution in [0.3, 0.4) is 0 Å². The number of nitrogen functional groups attached to an aromatic ring is 1. The van der Waals surface area contributed by atoms with Crippen molar-refractivity contribution in [1.82, 2.24) is 9.97 Å². The predicted octanol–water partition coefficient (Wildman–Crippen LogP) is -1.15. The molecule has 0 amide bonds. The summed E-state index contributed by atoms with van der Waals surface area (Å²) in [5.74, 6) is -0.979. The van der Waals surface area contributed by atoms with Crippen molar-refractivity contribution < 1.29 is 9.90 Å². The highest BCUT2D eigenvalue weighted by molar-refractivity contribution is 5.74. The highest BCUT2D eigenvalue weighted by Crippen LogP contribution is 2.05. The van der Waals surface area contributed by atoms with Gasteiger partial charge >= 0.3 is 5.97 Å². The second-order valence-corrected chi connectivity index (χ2v) is 2.24. The van der Waals surface area contributed by atoms with Crippen LogP contribution in [0.15, 0.2) is 11.1 Å². The van der Waals surface area contributed by atoms with Gasteiger partial charge in [0.1, 0.15) is 12.2 Å². The average molecular weight is 184 g/mol. The van der Waals surface area contributed by atoms with E-state index in [2.05, 4.69) is 15.3 Å². The Balaban J connectivity index is 2.83. The van der Waals surface area contributed by atoms with E-state index in [9.17, 15) is 9.59 Å². The minimum absolute atomic E-state index is 0.0751. The monoisotopic (exact) mass is 184 g/mol. The third-order valence-corrected chi connectivity index (χ3v) is 1.30. The molecule has 0 saturated carbocycles. The summed E-state index contributed by atoms with van der Waals surface area (Å²) in [6.07, 6.45) is 1.14. The lowest BCUT2D eigenvalue weighted by molar-refractivity contribution is -0.134. The number of rotatable bonds is 3. The second-order valence-electron chi connectivity index (χ2n) is 2.24. The Morgan fingerprint density at radius 2 is 2.46 bits per heavy atom. The first kappa shape index (κ1) is 9.04. The van der Waals surface area contributed by atoms with Gasteiger partial charge in [0, 0.05) is 0 Å². The molecule has 70 valence electrons. The molecule has 0 bridgehead atoms. The van der Waals surface area contributed by atoms with Gasteiger partial charge in [-0.2, -0.15) is 0 Å². The zero-order valence-corrected chi connectivity index (χ0v) is 6.57. The fraction of sp³-hybridized carbons (Fsp3) is 0.167. The lowest BCUT2D eigenvalue weighted by atomic mass is 10.4. The molecular formula is C6H8N4O3. The van der Waals surface area contributed by atoms with E-state index in [0.717, 1.165) is 6.33 Å². The Morgan fingerprint density at radius 1 is 1.77 bits per heavy atom. The standard InChI is InChI=1S/C6H8N4O3/c7-4-5(8-1-3(11)12)9-2-10-6(4)13/h2H,1,7H2,(H,11,12)(H2,8,9,10,13). The van der Waals surface area contributed by atoms with Gasteiger partial charge < -0.3 is 21.1 Å². The summed E-state index contributed by atoms with van der Waals surface area (Å²) in [6, 6.07) is 0. The predicted molar refractivity (Wildman–Crippen MR) is 45.4 cm³/mol. The first-order valence-corrected chi connectivity index (χ1v) is 3.40. The summed E-state index contributed by atoms with van der Waals surface area (Å²) in [5, 5.41) is 10.7. The molecule has 0 aromatic carbocycles. The van der Waals surface area contributed by atoms with Crippen molar-refractivity contribution in [1.29, 1.82) is 0 Å². The van der Waals surface area contributed by atoms with Crippen LogP contribution in [0.25, 0.3) is 0 Å². The Kier molecular flexibility index (Phi) is 2.48. The molecule has 0 unspecified atom stereocenters. The molecule has 1 heterocycles. The smallest absolute Gasteiger partial charge is 0.322 e. The van der Waals surface area contributed by atoms with Crippen LogP contribution in [0.2, 0.25) is 0 Å². The van der Waals surface area contributed by atoms with Crippen molar-refractivity contribution in [2.45, 2.75) is 0 Å². The van der Waals surface area contributed by atoms with Crippen LogP contribution in [-0.2, 0) is 4.79 Å². The van der Waals surface area contributed by atoms with Gasteiger partial charge in [-0.25, -0.2) is 4.98 Å². The first-order chi connectivity index (χ1) is 6.11. The molecule has 1 aromatic rings. The van der Waals surface area contributed by atoms with Gasteiger partial charge in [0.2, 0.25) is 0 Å². The first-order valence-electron chi connectivity index (χ1n) is 3.40. The number of carbonyl (C=O) groups is 1. The largest absolute Gasteiger partial charge is 0.480 e. The summed E-state index contributed by atoms with van der Waals surface area (Å²) in [4.78, 5) is 26.9. The SMILES string of the molecule is Nc1c(NCC(=O)O)nc[nH]c1=O. The highest BCUT2D eigenvalue weighted by Gasteiger charge is 2.04. The highest BCUT2D eigenvalue weighted by atomic mass is 16.4. The van der Waals surface area contributed by atoms with Crippen LogP contribution in [0.4, 0.5) is 11.5 Å². The Labute approximate surface area is 72.6 Å². The lowest BCUT2D eigenvalue weighted by Crippen LogP contribution is -2.19. The van der Waals surface area contributed by atoms with Gasteiger partial charge in [0.05, 0.1) is 6.33 Å². The number of carboxylic acid groups (broad SMARTS) is 1. The number of aromatic nitrogens is 2. The number of carboxylic acids is 1. The van der Waals surface area contributed by atoms with Crippen LogP contribution in [-0.4, -0.2) is 27.6 Å². The summed E-state index contributed by atoms with van der Waals surface area (Å²) in [6.45, 7) is -0.333. The fourth-order valence-corrected chi connectivity index (χ4v) is 0.710. The van der Waals surface area contributed by atoms with Gasteiger partial charge in [-0.05, 0) is 0 Å². The van der Waals surface area contributed by atoms with Crippen molar-refractivity contribution in [2.24, 2.45) is 0 Å². The number of aromatic amines is 1. The van der Waals surface area contributed by atoms with Crippen LogP contribution in [0.1, 0.15) is 0 Å². The molecule has 5 N–H and O–H groups in total. The van der Waals surface area contributed by atoms with Crippen LogP contribution in [0, 0.1) is 0 Å². The van der Waals surface area contributed by atoms with E-state index in [0.29, 0.717) is 0 Å². The Hall–Kier alpha value is -2.05. The quantitative estimate of drug-likeness (QED) is 0.470. The van der Waals surface area contributed by atoms with Crippen molar-refractivity contribution in [3.63, 3.8) is 0 Å². The molecule has 0 aliphatic carbocycles. The average Bonchev–Trinajstić information content (AvgIpc) is 2.07. The van der Waals surface area contributed by atoms with Gasteiger partial charge in [-0.1, -0.05) is 0 Å². The summed E-state index contributed by atoms with van der Waals surface area (Å²) >= 11 is 0. The molecule has 0 atom stereocenters. The van der Waals surface area contributed by atoms with Crippen LogP contribution >= 0.6 is 0 Å². The van der Waals surface area contributed by atoms with Gasteiger partial charge in [0.15, 0.2) is 5.82 Å². The summed E-state index contributed by atoms with van der Waals surface area (Å²) in [5.41, 5.74) is 4.69. The third kappa shape index (κ3) is 2.19. The number of hydrogen-bond acceptors (Lipinski definition) is 5. The molecular weight excluding hydrogens is 176 g/mol. The topological polar surface area (TPSA) is 121 Å². The Bertz CT molecular complexity index is 372. The van der Waals surface area contributed by atoms with Crippen molar-refractivity contribution in [3.8, 4) is 0 Å². The lowest BCUT2D eigenvalue weighted by Gasteiger charge is -2.03. The van der Waals surface area contributed by atoms with Crippen molar-refractivity contribution >= 4 is 17.5 Å². The number of H-pyrrole nitrogens is 1. The molecule has 7 heteroatoms. The number of nitrogens with two attached hydrogens (primary N) is 1. The number of anilines is 2. The van der Waals surface area contributed by atoms with Crippen LogP contribution < -0.4 is 16.6 Å². The molecule has 0 saturated heterocycles. The molecule has 0 aliphatic rings. The van der Waals surface area contributed by atoms with E-state index < -0.39 is 11.5 Å². The molecule has 1 aromatic heterocycles. The molecule has 7 nitrogen and oxygen atoms in total. The van der Waals surface area contributed by atoms with Gasteiger partial charge in [-0.3, -0.25) is 9.59 Å². The van der Waals surface area contributed by atoms with E-state index in [1.54, 1.807) is 0 Å². The normalized spacial score (nSPS) is 9.54. The second kappa shape index (κ2) is 3.57. The summed E-state index contributed by atoms with van der Waals surface area (Å²) in [7, 11) is 0. The van der Waals surface area contributed by atoms with E-state index >= 15 is 0 Å². The zero-order valence-electron chi connectivity index (χ0n) is 6.57. The minimum atomic E-state index is -1.05. The van der Waals surface area contributed by atoms with Crippen LogP contribution in [0.5, 0.6) is 0 Å². The number of hydrogen-bond donors (Lipinski definition) is 4. The number of aliphatic carboxylic acids is 1. The van der Waals surface area contributed by atoms with Crippen molar-refractivity contribution in [3.05, 3.63) is 16.7 Å². The molecule has 0 fully saturated rings. The molecule has 0 spiro atoms. The van der Waals surface area contributed by atoms with Crippen molar-refractivity contribution in [2.75, 3.05) is 17.6 Å². The van der Waals surface area contributed by atoms with E-state index in [1.807, 2.05) is 0 Å². The Morgan fingerprint density at radius 3 is 3.08 bits per heavy atom. The van der Waals surface area contributed by atoms with Gasteiger partial charge in [0.25, 0.3) is 5.56 Å². The minimum Gasteiger partial charge on any atom is -0.480 e. The maximum atomic E-state index is 10.9.